The Balaban J connectivity index is 1.87. The highest BCUT2D eigenvalue weighted by Crippen LogP contribution is 2.15. The zero-order chi connectivity index (χ0) is 20.0. The first kappa shape index (κ1) is 20.7. The van der Waals surface area contributed by atoms with Crippen molar-refractivity contribution in [3.05, 3.63) is 54.0 Å². The highest BCUT2D eigenvalue weighted by Gasteiger charge is 2.25. The summed E-state index contributed by atoms with van der Waals surface area (Å²) in [4.78, 5) is 24.0. The normalized spacial score (nSPS) is 12.6. The summed E-state index contributed by atoms with van der Waals surface area (Å²) in [7, 11) is -2.55. The first-order chi connectivity index (χ1) is 12.7. The van der Waals surface area contributed by atoms with Gasteiger partial charge in [-0.2, -0.15) is 4.31 Å². The molecule has 0 bridgehead atoms. The summed E-state index contributed by atoms with van der Waals surface area (Å²) < 4.78 is 35.9. The lowest BCUT2D eigenvalue weighted by molar-refractivity contribution is -0.154. The lowest BCUT2D eigenvalue weighted by Gasteiger charge is -2.18. The number of furan rings is 1. The molecule has 0 aliphatic heterocycles. The Bertz CT molecular complexity index is 875. The molecule has 27 heavy (non-hydrogen) atoms. The molecule has 1 aromatic carbocycles. The molecule has 1 atom stereocenters. The van der Waals surface area contributed by atoms with E-state index in [2.05, 4.69) is 5.32 Å². The fourth-order valence-corrected chi connectivity index (χ4v) is 3.29. The molecule has 0 spiro atoms. The van der Waals surface area contributed by atoms with Crippen molar-refractivity contribution in [3.8, 4) is 0 Å². The van der Waals surface area contributed by atoms with Crippen LogP contribution in [0.15, 0.2) is 52.0 Å². The number of hydrogen-bond acceptors (Lipinski definition) is 6. The second-order valence-electron chi connectivity index (χ2n) is 6.00. The van der Waals surface area contributed by atoms with Gasteiger partial charge in [0.1, 0.15) is 12.3 Å². The standard InChI is InChI=1S/C18H22N2O6S/c1-13-6-8-16(9-7-13)27(23,24)20(3)12-17(21)26-14(2)18(22)19-11-15-5-4-10-25-15/h4-10,14H,11-12H2,1-3H3,(H,19,22)/t14-/m0/s1. The second kappa shape index (κ2) is 8.83. The molecular formula is C18H22N2O6S. The van der Waals surface area contributed by atoms with Crippen molar-refractivity contribution in [3.63, 3.8) is 0 Å². The maximum atomic E-state index is 12.5. The van der Waals surface area contributed by atoms with Gasteiger partial charge in [0.2, 0.25) is 10.0 Å². The van der Waals surface area contributed by atoms with E-state index in [0.717, 1.165) is 9.87 Å². The fraction of sp³-hybridized carbons (Fsp3) is 0.333. The number of carbonyl (C=O) groups excluding carboxylic acids is 2. The van der Waals surface area contributed by atoms with E-state index in [4.69, 9.17) is 9.15 Å². The van der Waals surface area contributed by atoms with Gasteiger partial charge in [0.05, 0.1) is 17.7 Å². The van der Waals surface area contributed by atoms with Gasteiger partial charge in [0, 0.05) is 7.05 Å². The molecule has 0 unspecified atom stereocenters. The van der Waals surface area contributed by atoms with Crippen LogP contribution in [0.3, 0.4) is 0 Å². The quantitative estimate of drug-likeness (QED) is 0.680. The Hall–Kier alpha value is -2.65. The van der Waals surface area contributed by atoms with Crippen LogP contribution in [-0.2, 0) is 30.9 Å². The van der Waals surface area contributed by atoms with Gasteiger partial charge in [-0.25, -0.2) is 8.42 Å². The van der Waals surface area contributed by atoms with Crippen molar-refractivity contribution >= 4 is 21.9 Å². The molecule has 2 aromatic rings. The maximum Gasteiger partial charge on any atom is 0.322 e. The molecule has 146 valence electrons. The molecule has 0 saturated carbocycles. The van der Waals surface area contributed by atoms with E-state index in [1.54, 1.807) is 24.3 Å². The van der Waals surface area contributed by atoms with Gasteiger partial charge in [0.15, 0.2) is 6.10 Å². The second-order valence-corrected chi connectivity index (χ2v) is 8.05. The Kier molecular flexibility index (Phi) is 6.75. The van der Waals surface area contributed by atoms with Crippen LogP contribution in [0, 0.1) is 6.92 Å². The molecule has 0 aliphatic carbocycles. The smallest absolute Gasteiger partial charge is 0.322 e. The number of likely N-dealkylation sites (N-methyl/N-ethyl adjacent to an activating group) is 1. The molecule has 1 amide bonds. The van der Waals surface area contributed by atoms with Crippen LogP contribution in [0.25, 0.3) is 0 Å². The number of benzene rings is 1. The van der Waals surface area contributed by atoms with E-state index >= 15 is 0 Å². The Morgan fingerprint density at radius 2 is 1.89 bits per heavy atom. The summed E-state index contributed by atoms with van der Waals surface area (Å²) in [5.41, 5.74) is 0.922. The number of rotatable bonds is 8. The molecule has 8 nitrogen and oxygen atoms in total. The largest absolute Gasteiger partial charge is 0.467 e. The molecule has 1 N–H and O–H groups in total. The van der Waals surface area contributed by atoms with Gasteiger partial charge in [-0.1, -0.05) is 17.7 Å². The highest BCUT2D eigenvalue weighted by molar-refractivity contribution is 7.89. The first-order valence-corrected chi connectivity index (χ1v) is 9.66. The predicted octanol–water partition coefficient (Wildman–Crippen LogP) is 1.46. The van der Waals surface area contributed by atoms with Gasteiger partial charge in [-0.3, -0.25) is 9.59 Å². The Morgan fingerprint density at radius 1 is 1.22 bits per heavy atom. The van der Waals surface area contributed by atoms with Crippen molar-refractivity contribution in [1.29, 1.82) is 0 Å². The van der Waals surface area contributed by atoms with Crippen LogP contribution in [0.4, 0.5) is 0 Å². The predicted molar refractivity (Wildman–Crippen MR) is 97.1 cm³/mol. The fourth-order valence-electron chi connectivity index (χ4n) is 2.18. The highest BCUT2D eigenvalue weighted by atomic mass is 32.2. The monoisotopic (exact) mass is 394 g/mol. The molecule has 0 saturated heterocycles. The maximum absolute atomic E-state index is 12.5. The van der Waals surface area contributed by atoms with Crippen LogP contribution in [0.1, 0.15) is 18.2 Å². The number of esters is 1. The third kappa shape index (κ3) is 5.66. The number of amides is 1. The number of sulfonamides is 1. The summed E-state index contributed by atoms with van der Waals surface area (Å²) in [6.07, 6.45) is 0.415. The van der Waals surface area contributed by atoms with Crippen molar-refractivity contribution in [2.24, 2.45) is 0 Å². The van der Waals surface area contributed by atoms with E-state index < -0.39 is 34.5 Å². The first-order valence-electron chi connectivity index (χ1n) is 8.22. The number of nitrogens with zero attached hydrogens (tertiary/aromatic N) is 1. The molecular weight excluding hydrogens is 372 g/mol. The van der Waals surface area contributed by atoms with Crippen LogP contribution in [0.2, 0.25) is 0 Å². The van der Waals surface area contributed by atoms with Crippen molar-refractivity contribution in [2.75, 3.05) is 13.6 Å². The summed E-state index contributed by atoms with van der Waals surface area (Å²) in [6, 6.07) is 9.67. The summed E-state index contributed by atoms with van der Waals surface area (Å²) >= 11 is 0. The van der Waals surface area contributed by atoms with E-state index in [1.807, 2.05) is 6.92 Å². The van der Waals surface area contributed by atoms with Gasteiger partial charge >= 0.3 is 5.97 Å². The number of hydrogen-bond donors (Lipinski definition) is 1. The lowest BCUT2D eigenvalue weighted by Crippen LogP contribution is -2.39. The molecule has 2 rings (SSSR count). The molecule has 1 heterocycles. The minimum Gasteiger partial charge on any atom is -0.467 e. The minimum atomic E-state index is -3.83. The number of carbonyl (C=O) groups is 2. The topological polar surface area (TPSA) is 106 Å². The van der Waals surface area contributed by atoms with Crippen molar-refractivity contribution in [1.82, 2.24) is 9.62 Å². The van der Waals surface area contributed by atoms with Crippen LogP contribution < -0.4 is 5.32 Å². The summed E-state index contributed by atoms with van der Waals surface area (Å²) in [5.74, 6) is -0.775. The van der Waals surface area contributed by atoms with Gasteiger partial charge < -0.3 is 14.5 Å². The molecule has 0 radical (unpaired) electrons. The Morgan fingerprint density at radius 3 is 2.48 bits per heavy atom. The number of ether oxygens (including phenoxy) is 1. The lowest BCUT2D eigenvalue weighted by atomic mass is 10.2. The number of aryl methyl sites for hydroxylation is 1. The van der Waals surface area contributed by atoms with Crippen LogP contribution in [0.5, 0.6) is 0 Å². The zero-order valence-corrected chi connectivity index (χ0v) is 16.2. The van der Waals surface area contributed by atoms with Crippen LogP contribution >= 0.6 is 0 Å². The van der Waals surface area contributed by atoms with Crippen LogP contribution in [-0.4, -0.2) is 44.3 Å². The molecule has 1 aromatic heterocycles. The summed E-state index contributed by atoms with van der Waals surface area (Å²) in [5, 5.41) is 2.56. The van der Waals surface area contributed by atoms with E-state index in [1.165, 1.54) is 32.4 Å². The van der Waals surface area contributed by atoms with E-state index in [0.29, 0.717) is 5.76 Å². The zero-order valence-electron chi connectivity index (χ0n) is 15.3. The average Bonchev–Trinajstić information content (AvgIpc) is 3.13. The number of nitrogens with one attached hydrogen (secondary N) is 1. The Labute approximate surface area is 158 Å². The average molecular weight is 394 g/mol. The van der Waals surface area contributed by atoms with E-state index in [-0.39, 0.29) is 11.4 Å². The molecule has 0 aliphatic rings. The van der Waals surface area contributed by atoms with Crippen molar-refractivity contribution < 1.29 is 27.2 Å². The van der Waals surface area contributed by atoms with Gasteiger partial charge in [-0.05, 0) is 38.1 Å². The van der Waals surface area contributed by atoms with E-state index in [9.17, 15) is 18.0 Å². The van der Waals surface area contributed by atoms with Gasteiger partial charge in [-0.15, -0.1) is 0 Å². The SMILES string of the molecule is Cc1ccc(S(=O)(=O)N(C)CC(=O)O[C@@H](C)C(=O)NCc2ccco2)cc1. The minimum absolute atomic E-state index is 0.0765. The van der Waals surface area contributed by atoms with Gasteiger partial charge in [0.25, 0.3) is 5.91 Å². The third-order valence-corrected chi connectivity index (χ3v) is 5.59. The third-order valence-electron chi connectivity index (χ3n) is 3.78. The molecule has 0 fully saturated rings. The van der Waals surface area contributed by atoms with Crippen molar-refractivity contribution in [2.45, 2.75) is 31.4 Å². The summed E-state index contributed by atoms with van der Waals surface area (Å²) in [6.45, 7) is 2.90. The molecule has 9 heteroatoms.